The summed E-state index contributed by atoms with van der Waals surface area (Å²) >= 11 is 0. The van der Waals surface area contributed by atoms with Crippen LogP contribution in [0.25, 0.3) is 11.1 Å². The zero-order valence-corrected chi connectivity index (χ0v) is 18.7. The first-order valence-corrected chi connectivity index (χ1v) is 10.5. The third kappa shape index (κ3) is 5.18. The fourth-order valence-corrected chi connectivity index (χ4v) is 4.28. The fraction of sp³-hybridized carbons (Fsp3) is 0.214. The minimum atomic E-state index is 1.00. The minimum Gasteiger partial charge on any atom is -0.388 e. The Labute approximate surface area is 185 Å². The first kappa shape index (κ1) is 23.8. The largest absolute Gasteiger partial charge is 0.388 e. The second-order valence-electron chi connectivity index (χ2n) is 7.36. The van der Waals surface area contributed by atoms with Crippen LogP contribution in [0.15, 0.2) is 66.7 Å². The normalized spacial score (nSPS) is 13.1. The maximum Gasteiger partial charge on any atom is 0.106 e. The van der Waals surface area contributed by atoms with Gasteiger partial charge in [0, 0.05) is 12.7 Å². The Morgan fingerprint density at radius 1 is 0.839 bits per heavy atom. The van der Waals surface area contributed by atoms with E-state index in [4.69, 9.17) is 9.59 Å². The molecule has 0 saturated heterocycles. The maximum absolute atomic E-state index is 8.00. The highest BCUT2D eigenvalue weighted by atomic mass is 16.1. The highest BCUT2D eigenvalue weighted by Crippen LogP contribution is 2.40. The van der Waals surface area contributed by atoms with E-state index in [1.54, 1.807) is 0 Å². The third-order valence-corrected chi connectivity index (χ3v) is 5.64. The van der Waals surface area contributed by atoms with Crippen LogP contribution in [0.4, 0.5) is 5.69 Å². The second-order valence-corrected chi connectivity index (χ2v) is 7.36. The van der Waals surface area contributed by atoms with Crippen LogP contribution in [0.1, 0.15) is 46.7 Å². The molecular formula is C28H31NO2. The zero-order valence-electron chi connectivity index (χ0n) is 18.7. The minimum absolute atomic E-state index is 1.00. The van der Waals surface area contributed by atoms with Crippen molar-refractivity contribution in [3.05, 3.63) is 100 Å². The molecule has 0 saturated carbocycles. The summed E-state index contributed by atoms with van der Waals surface area (Å²) in [4.78, 5) is 16.0. The van der Waals surface area contributed by atoms with Gasteiger partial charge in [-0.15, -0.1) is 0 Å². The average Bonchev–Trinajstić information content (AvgIpc) is 2.99. The first-order valence-electron chi connectivity index (χ1n) is 10.5. The van der Waals surface area contributed by atoms with Gasteiger partial charge in [0.1, 0.15) is 13.6 Å². The highest BCUT2D eigenvalue weighted by Gasteiger charge is 2.21. The van der Waals surface area contributed by atoms with Crippen LogP contribution >= 0.6 is 0 Å². The molecule has 0 fully saturated rings. The van der Waals surface area contributed by atoms with Crippen molar-refractivity contribution >= 4 is 30.4 Å². The van der Waals surface area contributed by atoms with Gasteiger partial charge in [0.25, 0.3) is 0 Å². The van der Waals surface area contributed by atoms with Crippen molar-refractivity contribution < 1.29 is 9.59 Å². The predicted octanol–water partition coefficient (Wildman–Crippen LogP) is 6.13. The van der Waals surface area contributed by atoms with E-state index >= 15 is 0 Å². The van der Waals surface area contributed by atoms with Crippen LogP contribution in [-0.4, -0.2) is 20.6 Å². The number of benzene rings is 3. The lowest BCUT2D eigenvalue weighted by atomic mass is 9.85. The van der Waals surface area contributed by atoms with Crippen LogP contribution in [0, 0.1) is 6.92 Å². The number of rotatable bonds is 3. The van der Waals surface area contributed by atoms with E-state index in [-0.39, 0.29) is 0 Å². The molecule has 0 aromatic heterocycles. The van der Waals surface area contributed by atoms with E-state index in [0.717, 1.165) is 24.9 Å². The molecule has 3 aromatic carbocycles. The summed E-state index contributed by atoms with van der Waals surface area (Å²) in [5, 5.41) is 3.28. The van der Waals surface area contributed by atoms with Crippen LogP contribution in [-0.2, 0) is 22.4 Å². The molecule has 0 unspecified atom stereocenters. The van der Waals surface area contributed by atoms with E-state index in [1.807, 2.05) is 20.6 Å². The van der Waals surface area contributed by atoms with Crippen molar-refractivity contribution in [1.82, 2.24) is 0 Å². The summed E-state index contributed by atoms with van der Waals surface area (Å²) in [7, 11) is 1.98. The predicted molar refractivity (Wildman–Crippen MR) is 131 cm³/mol. The van der Waals surface area contributed by atoms with Crippen molar-refractivity contribution in [2.45, 2.75) is 33.1 Å². The van der Waals surface area contributed by atoms with E-state index in [1.165, 1.54) is 44.5 Å². The number of carbonyl (C=O) groups excluding carboxylic acids is 2. The summed E-state index contributed by atoms with van der Waals surface area (Å²) in [6.07, 6.45) is 3.21. The summed E-state index contributed by atoms with van der Waals surface area (Å²) < 4.78 is 0. The summed E-state index contributed by atoms with van der Waals surface area (Å²) in [6, 6.07) is 24.7. The molecule has 0 bridgehead atoms. The molecule has 0 amide bonds. The van der Waals surface area contributed by atoms with Crippen molar-refractivity contribution in [3.63, 3.8) is 0 Å². The van der Waals surface area contributed by atoms with Gasteiger partial charge in [0.05, 0.1) is 0 Å². The molecule has 1 aliphatic carbocycles. The molecule has 1 aliphatic rings. The molecular weight excluding hydrogens is 382 g/mol. The molecule has 0 atom stereocenters. The number of fused-ring (bicyclic) bond motifs is 2. The van der Waals surface area contributed by atoms with Crippen LogP contribution in [0.3, 0.4) is 0 Å². The SMILES string of the molecule is C=O.C=O.CC/C(=C1\c2ccccc2CCc2cc(C)ccc21)c1cccc(NC)c1. The summed E-state index contributed by atoms with van der Waals surface area (Å²) in [6.45, 7) is 8.47. The lowest BCUT2D eigenvalue weighted by Crippen LogP contribution is -1.98. The number of hydrogen-bond acceptors (Lipinski definition) is 3. The Balaban J connectivity index is 0.000000807. The number of anilines is 1. The maximum atomic E-state index is 8.00. The van der Waals surface area contributed by atoms with Gasteiger partial charge in [-0.1, -0.05) is 67.1 Å². The van der Waals surface area contributed by atoms with Crippen LogP contribution < -0.4 is 5.32 Å². The van der Waals surface area contributed by atoms with E-state index in [2.05, 4.69) is 85.9 Å². The number of allylic oxidation sites excluding steroid dienone is 1. The van der Waals surface area contributed by atoms with Gasteiger partial charge in [0.15, 0.2) is 0 Å². The molecule has 4 rings (SSSR count). The molecule has 0 heterocycles. The number of aryl methyl sites for hydroxylation is 3. The van der Waals surface area contributed by atoms with Gasteiger partial charge < -0.3 is 14.9 Å². The topological polar surface area (TPSA) is 46.2 Å². The lowest BCUT2D eigenvalue weighted by Gasteiger charge is -2.19. The molecule has 31 heavy (non-hydrogen) atoms. The Morgan fingerprint density at radius 3 is 2.23 bits per heavy atom. The molecule has 3 nitrogen and oxygen atoms in total. The van der Waals surface area contributed by atoms with Gasteiger partial charge in [-0.2, -0.15) is 0 Å². The van der Waals surface area contributed by atoms with Gasteiger partial charge in [-0.25, -0.2) is 0 Å². The molecule has 3 aromatic rings. The third-order valence-electron chi connectivity index (χ3n) is 5.64. The van der Waals surface area contributed by atoms with Crippen LogP contribution in [0.5, 0.6) is 0 Å². The molecule has 160 valence electrons. The lowest BCUT2D eigenvalue weighted by molar-refractivity contribution is -0.0987. The smallest absolute Gasteiger partial charge is 0.106 e. The van der Waals surface area contributed by atoms with Gasteiger partial charge in [-0.05, 0) is 77.3 Å². The number of carbonyl (C=O) groups is 2. The van der Waals surface area contributed by atoms with Crippen molar-refractivity contribution in [3.8, 4) is 0 Å². The van der Waals surface area contributed by atoms with Crippen LogP contribution in [0.2, 0.25) is 0 Å². The Kier molecular flexibility index (Phi) is 8.95. The fourth-order valence-electron chi connectivity index (χ4n) is 4.28. The molecule has 1 N–H and O–H groups in total. The highest BCUT2D eigenvalue weighted by molar-refractivity contribution is 6.00. The standard InChI is InChI=1S/C26H27N.2CH2O/c1-4-23(20-9-7-10-22(17-20)27-3)26-24-11-6-5-8-19(24)13-14-21-16-18(2)12-15-25(21)26;2*1-2/h5-12,15-17,27H,4,13-14H2,1-3H3;2*1H2/b26-23-;;. The number of hydrogen-bond donors (Lipinski definition) is 1. The van der Waals surface area contributed by atoms with E-state index in [9.17, 15) is 0 Å². The molecule has 3 heteroatoms. The van der Waals surface area contributed by atoms with E-state index < -0.39 is 0 Å². The van der Waals surface area contributed by atoms with Crippen molar-refractivity contribution in [2.75, 3.05) is 12.4 Å². The molecule has 0 radical (unpaired) electrons. The Hall–Kier alpha value is -3.46. The van der Waals surface area contributed by atoms with Gasteiger partial charge in [-0.3, -0.25) is 0 Å². The Bertz CT molecular complexity index is 1050. The van der Waals surface area contributed by atoms with Gasteiger partial charge in [0.2, 0.25) is 0 Å². The average molecular weight is 414 g/mol. The quantitative estimate of drug-likeness (QED) is 0.561. The van der Waals surface area contributed by atoms with Gasteiger partial charge >= 0.3 is 0 Å². The van der Waals surface area contributed by atoms with Crippen molar-refractivity contribution in [1.29, 1.82) is 0 Å². The first-order chi connectivity index (χ1) is 15.2. The monoisotopic (exact) mass is 413 g/mol. The van der Waals surface area contributed by atoms with E-state index in [0.29, 0.717) is 0 Å². The molecule has 0 aliphatic heterocycles. The number of nitrogens with one attached hydrogen (secondary N) is 1. The zero-order chi connectivity index (χ0) is 22.8. The van der Waals surface area contributed by atoms with Crippen molar-refractivity contribution in [2.24, 2.45) is 0 Å². The summed E-state index contributed by atoms with van der Waals surface area (Å²) in [5.74, 6) is 0. The second kappa shape index (κ2) is 11.7. The summed E-state index contributed by atoms with van der Waals surface area (Å²) in [5.41, 5.74) is 12.4. The Morgan fingerprint density at radius 2 is 1.52 bits per heavy atom. The molecule has 0 spiro atoms.